The molecule has 1 saturated carbocycles. The fraction of sp³-hybridized carbons (Fsp3) is 0.520. The van der Waals surface area contributed by atoms with E-state index in [2.05, 4.69) is 29.1 Å². The quantitative estimate of drug-likeness (QED) is 0.479. The molecule has 1 aliphatic carbocycles. The molecule has 0 atom stereocenters. The lowest BCUT2D eigenvalue weighted by molar-refractivity contribution is -0.145. The van der Waals surface area contributed by atoms with Gasteiger partial charge >= 0.3 is 6.18 Å². The second kappa shape index (κ2) is 9.22. The second-order valence-electron chi connectivity index (χ2n) is 10.2. The Bertz CT molecular complexity index is 1220. The number of hydrogen-bond acceptors (Lipinski definition) is 5. The third-order valence-electron chi connectivity index (χ3n) is 6.77. The molecule has 1 aromatic carbocycles. The summed E-state index contributed by atoms with van der Waals surface area (Å²) >= 11 is 0. The SMILES string of the molecule is CC(C)[C@H]1CC[C@H](n2cc3cc(NC(=O)c4ccnc(C(F)(F)F)n4)c(C(C)(C)O)cc3n2)CC1. The summed E-state index contributed by atoms with van der Waals surface area (Å²) in [6, 6.07) is 4.79. The van der Waals surface area contributed by atoms with Crippen LogP contribution in [0.2, 0.25) is 0 Å². The zero-order valence-corrected chi connectivity index (χ0v) is 20.2. The summed E-state index contributed by atoms with van der Waals surface area (Å²) in [6.07, 6.45) is 2.41. The Morgan fingerprint density at radius 3 is 2.46 bits per heavy atom. The summed E-state index contributed by atoms with van der Waals surface area (Å²) in [5, 5.41) is 18.9. The maximum Gasteiger partial charge on any atom is 0.451 e. The number of benzene rings is 1. The van der Waals surface area contributed by atoms with Gasteiger partial charge in [0, 0.05) is 29.0 Å². The highest BCUT2D eigenvalue weighted by Crippen LogP contribution is 2.37. The predicted molar refractivity (Wildman–Crippen MR) is 126 cm³/mol. The Labute approximate surface area is 201 Å². The molecule has 188 valence electrons. The van der Waals surface area contributed by atoms with Gasteiger partial charge in [-0.2, -0.15) is 18.3 Å². The van der Waals surface area contributed by atoms with Gasteiger partial charge in [0.15, 0.2) is 0 Å². The zero-order valence-electron chi connectivity index (χ0n) is 20.2. The monoisotopic (exact) mass is 489 g/mol. The fourth-order valence-electron chi connectivity index (χ4n) is 4.73. The first-order chi connectivity index (χ1) is 16.3. The Morgan fingerprint density at radius 1 is 1.17 bits per heavy atom. The van der Waals surface area contributed by atoms with Crippen molar-refractivity contribution in [1.29, 1.82) is 0 Å². The molecule has 10 heteroatoms. The highest BCUT2D eigenvalue weighted by molar-refractivity contribution is 6.04. The molecule has 0 spiro atoms. The number of aliphatic hydroxyl groups is 1. The normalized spacial score (nSPS) is 19.3. The molecule has 0 saturated heterocycles. The molecule has 4 rings (SSSR count). The van der Waals surface area contributed by atoms with Crippen LogP contribution in [-0.4, -0.2) is 30.8 Å². The van der Waals surface area contributed by atoms with Crippen molar-refractivity contribution in [2.75, 3.05) is 5.32 Å². The van der Waals surface area contributed by atoms with Crippen LogP contribution in [0.25, 0.3) is 10.9 Å². The van der Waals surface area contributed by atoms with Gasteiger partial charge in [0.2, 0.25) is 5.82 Å². The number of carbonyl (C=O) groups is 1. The van der Waals surface area contributed by atoms with Crippen LogP contribution in [0.3, 0.4) is 0 Å². The van der Waals surface area contributed by atoms with Gasteiger partial charge in [-0.1, -0.05) is 13.8 Å². The number of carbonyl (C=O) groups excluding carboxylic acids is 1. The summed E-state index contributed by atoms with van der Waals surface area (Å²) in [5.41, 5.74) is -0.403. The number of aromatic nitrogens is 4. The van der Waals surface area contributed by atoms with Crippen molar-refractivity contribution in [3.05, 3.63) is 47.7 Å². The summed E-state index contributed by atoms with van der Waals surface area (Å²) in [7, 11) is 0. The minimum atomic E-state index is -4.77. The van der Waals surface area contributed by atoms with Crippen molar-refractivity contribution >= 4 is 22.5 Å². The van der Waals surface area contributed by atoms with Gasteiger partial charge in [-0.15, -0.1) is 0 Å². The first-order valence-electron chi connectivity index (χ1n) is 11.8. The molecule has 3 aromatic rings. The molecule has 1 aliphatic rings. The van der Waals surface area contributed by atoms with E-state index >= 15 is 0 Å². The maximum absolute atomic E-state index is 13.0. The van der Waals surface area contributed by atoms with Gasteiger partial charge in [0.1, 0.15) is 5.69 Å². The highest BCUT2D eigenvalue weighted by atomic mass is 19.4. The van der Waals surface area contributed by atoms with E-state index in [1.54, 1.807) is 26.0 Å². The molecular weight excluding hydrogens is 459 g/mol. The molecular formula is C25H30F3N5O2. The number of amides is 1. The maximum atomic E-state index is 13.0. The largest absolute Gasteiger partial charge is 0.451 e. The van der Waals surface area contributed by atoms with E-state index in [1.807, 2.05) is 10.9 Å². The van der Waals surface area contributed by atoms with Crippen molar-refractivity contribution in [2.45, 2.75) is 71.2 Å². The molecule has 7 nitrogen and oxygen atoms in total. The molecule has 0 aliphatic heterocycles. The van der Waals surface area contributed by atoms with Gasteiger partial charge < -0.3 is 10.4 Å². The lowest BCUT2D eigenvalue weighted by atomic mass is 9.80. The smallest absolute Gasteiger partial charge is 0.386 e. The predicted octanol–water partition coefficient (Wildman–Crippen LogP) is 5.71. The van der Waals surface area contributed by atoms with E-state index in [1.165, 1.54) is 0 Å². The topological polar surface area (TPSA) is 92.9 Å². The van der Waals surface area contributed by atoms with Gasteiger partial charge in [-0.25, -0.2) is 9.97 Å². The Kier molecular flexibility index (Phi) is 6.61. The van der Waals surface area contributed by atoms with Crippen molar-refractivity contribution in [1.82, 2.24) is 19.7 Å². The number of fused-ring (bicyclic) bond motifs is 1. The zero-order chi connectivity index (χ0) is 25.5. The van der Waals surface area contributed by atoms with Crippen molar-refractivity contribution < 1.29 is 23.1 Å². The van der Waals surface area contributed by atoms with Gasteiger partial charge in [-0.05, 0) is 69.6 Å². The fourth-order valence-corrected chi connectivity index (χ4v) is 4.73. The Balaban J connectivity index is 1.64. The van der Waals surface area contributed by atoms with Crippen LogP contribution in [0.4, 0.5) is 18.9 Å². The average molecular weight is 490 g/mol. The van der Waals surface area contributed by atoms with Crippen LogP contribution in [0.5, 0.6) is 0 Å². The molecule has 0 radical (unpaired) electrons. The van der Waals surface area contributed by atoms with Gasteiger partial charge in [0.05, 0.1) is 17.2 Å². The molecule has 1 fully saturated rings. The van der Waals surface area contributed by atoms with E-state index in [4.69, 9.17) is 5.10 Å². The van der Waals surface area contributed by atoms with Gasteiger partial charge in [0.25, 0.3) is 5.91 Å². The van der Waals surface area contributed by atoms with Crippen molar-refractivity contribution in [2.24, 2.45) is 11.8 Å². The molecule has 2 aromatic heterocycles. The van der Waals surface area contributed by atoms with E-state index in [-0.39, 0.29) is 11.7 Å². The summed E-state index contributed by atoms with van der Waals surface area (Å²) < 4.78 is 40.9. The Morgan fingerprint density at radius 2 is 1.86 bits per heavy atom. The van der Waals surface area contributed by atoms with E-state index in [0.29, 0.717) is 17.0 Å². The molecule has 2 heterocycles. The van der Waals surface area contributed by atoms with E-state index in [0.717, 1.165) is 49.3 Å². The van der Waals surface area contributed by atoms with Crippen molar-refractivity contribution in [3.63, 3.8) is 0 Å². The Hall–Kier alpha value is -3.01. The summed E-state index contributed by atoms with van der Waals surface area (Å²) in [4.78, 5) is 19.3. The third-order valence-corrected chi connectivity index (χ3v) is 6.77. The average Bonchev–Trinajstić information content (AvgIpc) is 3.20. The lowest BCUT2D eigenvalue weighted by Crippen LogP contribution is -2.22. The van der Waals surface area contributed by atoms with Crippen LogP contribution in [0, 0.1) is 11.8 Å². The number of nitrogens with one attached hydrogen (secondary N) is 1. The first-order valence-corrected chi connectivity index (χ1v) is 11.8. The highest BCUT2D eigenvalue weighted by Gasteiger charge is 2.35. The van der Waals surface area contributed by atoms with Crippen LogP contribution in [0.15, 0.2) is 30.6 Å². The van der Waals surface area contributed by atoms with Crippen LogP contribution >= 0.6 is 0 Å². The number of hydrogen-bond donors (Lipinski definition) is 2. The second-order valence-corrected chi connectivity index (χ2v) is 10.2. The lowest BCUT2D eigenvalue weighted by Gasteiger charge is -2.30. The van der Waals surface area contributed by atoms with E-state index in [9.17, 15) is 23.1 Å². The van der Waals surface area contributed by atoms with Crippen LogP contribution in [0.1, 0.15) is 81.3 Å². The van der Waals surface area contributed by atoms with E-state index < -0.39 is 29.2 Å². The number of rotatable bonds is 5. The van der Waals surface area contributed by atoms with Crippen LogP contribution in [-0.2, 0) is 11.8 Å². The number of alkyl halides is 3. The molecule has 35 heavy (non-hydrogen) atoms. The first kappa shape index (κ1) is 25.1. The number of nitrogens with zero attached hydrogens (tertiary/aromatic N) is 4. The van der Waals surface area contributed by atoms with Crippen LogP contribution < -0.4 is 5.32 Å². The molecule has 1 amide bonds. The number of anilines is 1. The van der Waals surface area contributed by atoms with Gasteiger partial charge in [-0.3, -0.25) is 9.48 Å². The van der Waals surface area contributed by atoms with Crippen molar-refractivity contribution in [3.8, 4) is 0 Å². The minimum Gasteiger partial charge on any atom is -0.386 e. The number of halogens is 3. The third kappa shape index (κ3) is 5.47. The molecule has 2 N–H and O–H groups in total. The standard InChI is InChI=1S/C25H30F3N5O2/c1-14(2)15-5-7-17(8-6-15)33-13-16-11-21(18(24(3,4)35)12-20(16)32-33)30-22(34)19-9-10-29-23(31-19)25(26,27)28/h9-15,17,35H,5-8H2,1-4H3,(H,30,34)/t15-,17-. The molecule has 0 unspecified atom stereocenters. The minimum absolute atomic E-state index is 0.280. The molecule has 0 bridgehead atoms. The summed E-state index contributed by atoms with van der Waals surface area (Å²) in [5.74, 6) is -0.839. The summed E-state index contributed by atoms with van der Waals surface area (Å²) in [6.45, 7) is 7.65.